The van der Waals surface area contributed by atoms with Crippen molar-refractivity contribution in [3.8, 4) is 16.9 Å². The van der Waals surface area contributed by atoms with Crippen LogP contribution in [0.4, 0.5) is 4.39 Å². The Morgan fingerprint density at radius 1 is 1.05 bits per heavy atom. The summed E-state index contributed by atoms with van der Waals surface area (Å²) in [6.45, 7) is 4.15. The van der Waals surface area contributed by atoms with Crippen molar-refractivity contribution in [3.63, 3.8) is 0 Å². The summed E-state index contributed by atoms with van der Waals surface area (Å²) in [4.78, 5) is 0. The molecule has 0 fully saturated rings. The fourth-order valence-corrected chi connectivity index (χ4v) is 2.43. The van der Waals surface area contributed by atoms with E-state index in [1.807, 2.05) is 12.1 Å². The van der Waals surface area contributed by atoms with E-state index in [2.05, 4.69) is 37.1 Å². The van der Waals surface area contributed by atoms with Crippen molar-refractivity contribution in [2.24, 2.45) is 0 Å². The van der Waals surface area contributed by atoms with Gasteiger partial charge in [-0.05, 0) is 36.7 Å². The Morgan fingerprint density at radius 3 is 2.38 bits per heavy atom. The van der Waals surface area contributed by atoms with Gasteiger partial charge in [-0.25, -0.2) is 0 Å². The summed E-state index contributed by atoms with van der Waals surface area (Å²) < 4.78 is 14.8. The van der Waals surface area contributed by atoms with Crippen LogP contribution in [0.5, 0.6) is 0 Å². The normalized spacial score (nSPS) is 10.2. The molecule has 0 aliphatic heterocycles. The van der Waals surface area contributed by atoms with E-state index in [0.29, 0.717) is 0 Å². The van der Waals surface area contributed by atoms with Crippen molar-refractivity contribution in [2.75, 3.05) is 0 Å². The zero-order valence-electron chi connectivity index (χ0n) is 11.7. The molecule has 0 spiro atoms. The average Bonchev–Trinajstić information content (AvgIpc) is 2.88. The minimum atomic E-state index is -0.297. The van der Waals surface area contributed by atoms with E-state index < -0.39 is 0 Å². The largest absolute Gasteiger partial charge is 0.284 e. The van der Waals surface area contributed by atoms with Gasteiger partial charge in [-0.3, -0.25) is 9.07 Å². The molecule has 1 radical (unpaired) electrons. The molecule has 21 heavy (non-hydrogen) atoms. The van der Waals surface area contributed by atoms with Crippen LogP contribution < -0.4 is 0 Å². The van der Waals surface area contributed by atoms with Crippen LogP contribution in [0, 0.1) is 25.7 Å². The van der Waals surface area contributed by atoms with Gasteiger partial charge in [-0.15, -0.1) is 18.2 Å². The second kappa shape index (κ2) is 6.33. The van der Waals surface area contributed by atoms with E-state index in [-0.39, 0.29) is 25.9 Å². The van der Waals surface area contributed by atoms with Crippen LogP contribution in [-0.4, -0.2) is 9.78 Å². The summed E-state index contributed by atoms with van der Waals surface area (Å²) in [5.41, 5.74) is 5.25. The van der Waals surface area contributed by atoms with Crippen LogP contribution in [0.25, 0.3) is 16.9 Å². The second-order valence-electron chi connectivity index (χ2n) is 4.79. The first-order valence-corrected chi connectivity index (χ1v) is 6.45. The van der Waals surface area contributed by atoms with Gasteiger partial charge in [0, 0.05) is 37.7 Å². The Balaban J connectivity index is 0.00000161. The SMILES string of the molecule is Cc1cccc(C)c1-c1ccnn1-c1[c-]cc(F)cc1.[Ir]. The summed E-state index contributed by atoms with van der Waals surface area (Å²) in [5.74, 6) is -0.297. The smallest absolute Gasteiger partial charge is 0.0721 e. The van der Waals surface area contributed by atoms with Gasteiger partial charge in [0.15, 0.2) is 0 Å². The minimum absolute atomic E-state index is 0. The molecular weight excluding hydrogens is 443 g/mol. The van der Waals surface area contributed by atoms with E-state index in [0.717, 1.165) is 16.9 Å². The first-order chi connectivity index (χ1) is 9.66. The first-order valence-electron chi connectivity index (χ1n) is 6.45. The van der Waals surface area contributed by atoms with E-state index in [1.165, 1.54) is 23.3 Å². The van der Waals surface area contributed by atoms with Crippen molar-refractivity contribution in [3.05, 3.63) is 71.7 Å². The zero-order valence-corrected chi connectivity index (χ0v) is 14.1. The third kappa shape index (κ3) is 2.97. The molecule has 4 heteroatoms. The summed E-state index contributed by atoms with van der Waals surface area (Å²) in [6.07, 6.45) is 1.75. The predicted octanol–water partition coefficient (Wildman–Crippen LogP) is 4.09. The molecule has 0 saturated heterocycles. The van der Waals surface area contributed by atoms with E-state index in [9.17, 15) is 4.39 Å². The number of halogens is 1. The number of rotatable bonds is 2. The maximum Gasteiger partial charge on any atom is 0.0721 e. The van der Waals surface area contributed by atoms with Crippen LogP contribution in [0.3, 0.4) is 0 Å². The van der Waals surface area contributed by atoms with Crippen molar-refractivity contribution < 1.29 is 24.5 Å². The van der Waals surface area contributed by atoms with E-state index >= 15 is 0 Å². The maximum atomic E-state index is 13.0. The molecular formula is C17H14FIrN2-. The molecule has 0 atom stereocenters. The third-order valence-corrected chi connectivity index (χ3v) is 3.37. The molecule has 0 aliphatic rings. The Hall–Kier alpha value is -1.77. The molecule has 1 aromatic heterocycles. The molecule has 0 aliphatic carbocycles. The summed E-state index contributed by atoms with van der Waals surface area (Å²) in [6, 6.07) is 15.5. The standard InChI is InChI=1S/C17H14FN2.Ir/c1-12-4-3-5-13(2)17(12)16-10-11-19-20(16)15-8-6-14(18)7-9-15;/h3-8,10-11H,1-2H3;/q-1;. The number of hydrogen-bond acceptors (Lipinski definition) is 1. The number of benzene rings is 2. The topological polar surface area (TPSA) is 17.8 Å². The number of hydrogen-bond donors (Lipinski definition) is 0. The molecule has 0 N–H and O–H groups in total. The molecule has 0 saturated carbocycles. The van der Waals surface area contributed by atoms with Crippen molar-refractivity contribution in [1.29, 1.82) is 0 Å². The number of aryl methyl sites for hydroxylation is 2. The van der Waals surface area contributed by atoms with Crippen LogP contribution in [0.15, 0.2) is 48.7 Å². The predicted molar refractivity (Wildman–Crippen MR) is 77.3 cm³/mol. The Labute approximate surface area is 137 Å². The molecule has 0 amide bonds. The van der Waals surface area contributed by atoms with Gasteiger partial charge in [-0.1, -0.05) is 18.2 Å². The summed E-state index contributed by atoms with van der Waals surface area (Å²) in [5, 5.41) is 4.34. The summed E-state index contributed by atoms with van der Waals surface area (Å²) in [7, 11) is 0. The molecule has 2 aromatic carbocycles. The van der Waals surface area contributed by atoms with Crippen LogP contribution in [0.2, 0.25) is 0 Å². The first kappa shape index (κ1) is 15.6. The Morgan fingerprint density at radius 2 is 1.76 bits per heavy atom. The quantitative estimate of drug-likeness (QED) is 0.530. The average molecular weight is 458 g/mol. The Bertz CT molecular complexity index is 727. The van der Waals surface area contributed by atoms with Crippen LogP contribution in [0.1, 0.15) is 11.1 Å². The summed E-state index contributed by atoms with van der Waals surface area (Å²) >= 11 is 0. The second-order valence-corrected chi connectivity index (χ2v) is 4.79. The molecule has 1 heterocycles. The van der Waals surface area contributed by atoms with Crippen molar-refractivity contribution in [2.45, 2.75) is 13.8 Å². The van der Waals surface area contributed by atoms with Gasteiger partial charge >= 0.3 is 0 Å². The van der Waals surface area contributed by atoms with Gasteiger partial charge in [-0.2, -0.15) is 11.2 Å². The monoisotopic (exact) mass is 458 g/mol. The van der Waals surface area contributed by atoms with Gasteiger partial charge in [0.05, 0.1) is 5.69 Å². The van der Waals surface area contributed by atoms with Crippen molar-refractivity contribution in [1.82, 2.24) is 9.78 Å². The van der Waals surface area contributed by atoms with E-state index in [1.54, 1.807) is 16.9 Å². The van der Waals surface area contributed by atoms with Crippen LogP contribution in [-0.2, 0) is 20.1 Å². The Kier molecular flexibility index (Phi) is 4.71. The zero-order chi connectivity index (χ0) is 14.1. The van der Waals surface area contributed by atoms with Crippen molar-refractivity contribution >= 4 is 0 Å². The molecule has 0 bridgehead atoms. The molecule has 3 aromatic rings. The maximum absolute atomic E-state index is 13.0. The fraction of sp³-hybridized carbons (Fsp3) is 0.118. The number of nitrogens with zero attached hydrogens (tertiary/aromatic N) is 2. The fourth-order valence-electron chi connectivity index (χ4n) is 2.43. The van der Waals surface area contributed by atoms with Gasteiger partial charge in [0.25, 0.3) is 0 Å². The number of aromatic nitrogens is 2. The minimum Gasteiger partial charge on any atom is -0.284 e. The third-order valence-electron chi connectivity index (χ3n) is 3.37. The molecule has 2 nitrogen and oxygen atoms in total. The van der Waals surface area contributed by atoms with Gasteiger partial charge in [0.2, 0.25) is 0 Å². The molecule has 0 unspecified atom stereocenters. The van der Waals surface area contributed by atoms with E-state index in [4.69, 9.17) is 0 Å². The van der Waals surface area contributed by atoms with Gasteiger partial charge in [0.1, 0.15) is 0 Å². The molecule has 109 valence electrons. The van der Waals surface area contributed by atoms with Crippen LogP contribution >= 0.6 is 0 Å². The van der Waals surface area contributed by atoms with Gasteiger partial charge < -0.3 is 0 Å². The molecule has 3 rings (SSSR count).